The van der Waals surface area contributed by atoms with Crippen LogP contribution >= 0.6 is 22.9 Å². The van der Waals surface area contributed by atoms with Crippen molar-refractivity contribution in [2.24, 2.45) is 0 Å². The number of hydrogen-bond donors (Lipinski definition) is 1. The first-order valence-corrected chi connectivity index (χ1v) is 6.53. The van der Waals surface area contributed by atoms with Crippen molar-refractivity contribution in [3.8, 4) is 0 Å². The predicted molar refractivity (Wildman–Crippen MR) is 60.4 cm³/mol. The monoisotopic (exact) mass is 285 g/mol. The van der Waals surface area contributed by atoms with Crippen molar-refractivity contribution in [1.82, 2.24) is 10.2 Å². The van der Waals surface area contributed by atoms with Crippen LogP contribution in [0.3, 0.4) is 0 Å². The predicted octanol–water partition coefficient (Wildman–Crippen LogP) is 3.52. The number of aromatic nitrogens is 2. The Kier molecular flexibility index (Phi) is 3.77. The number of alkyl halides is 4. The van der Waals surface area contributed by atoms with E-state index in [1.54, 1.807) is 0 Å². The lowest BCUT2D eigenvalue weighted by molar-refractivity contribution is -0.138. The summed E-state index contributed by atoms with van der Waals surface area (Å²) in [5, 5.41) is 8.75. The highest BCUT2D eigenvalue weighted by atomic mass is 35.5. The van der Waals surface area contributed by atoms with E-state index in [2.05, 4.69) is 15.5 Å². The van der Waals surface area contributed by atoms with Crippen LogP contribution in [0.1, 0.15) is 30.7 Å². The van der Waals surface area contributed by atoms with Gasteiger partial charge < -0.3 is 5.32 Å². The third kappa shape index (κ3) is 3.22. The Hall–Kier alpha value is -0.560. The molecule has 1 saturated carbocycles. The van der Waals surface area contributed by atoms with E-state index in [1.165, 1.54) is 0 Å². The van der Waals surface area contributed by atoms with Gasteiger partial charge in [0.15, 0.2) is 0 Å². The van der Waals surface area contributed by atoms with Crippen LogP contribution in [0.4, 0.5) is 18.3 Å². The molecule has 1 N–H and O–H groups in total. The molecule has 2 unspecified atom stereocenters. The number of anilines is 1. The van der Waals surface area contributed by atoms with Gasteiger partial charge in [0.05, 0.1) is 5.38 Å². The van der Waals surface area contributed by atoms with E-state index in [0.29, 0.717) is 11.3 Å². The largest absolute Gasteiger partial charge is 0.445 e. The third-order valence-corrected chi connectivity index (χ3v) is 4.08. The second-order valence-corrected chi connectivity index (χ2v) is 5.50. The number of nitrogens with zero attached hydrogens (tertiary/aromatic N) is 2. The first kappa shape index (κ1) is 12.9. The smallest absolute Gasteiger partial charge is 0.356 e. The number of rotatable bonds is 2. The molecular weight excluding hydrogens is 275 g/mol. The zero-order chi connectivity index (χ0) is 12.5. The molecule has 0 amide bonds. The zero-order valence-electron chi connectivity index (χ0n) is 8.80. The highest BCUT2D eigenvalue weighted by Crippen LogP contribution is 2.34. The molecule has 3 nitrogen and oxygen atoms in total. The first-order chi connectivity index (χ1) is 7.97. The second-order valence-electron chi connectivity index (χ2n) is 3.96. The van der Waals surface area contributed by atoms with Crippen molar-refractivity contribution in [3.63, 3.8) is 0 Å². The van der Waals surface area contributed by atoms with Crippen molar-refractivity contribution >= 4 is 28.1 Å². The fourth-order valence-corrected chi connectivity index (χ4v) is 2.82. The minimum absolute atomic E-state index is 0.0144. The number of hydrogen-bond acceptors (Lipinski definition) is 4. The average Bonchev–Trinajstić information content (AvgIpc) is 2.69. The van der Waals surface area contributed by atoms with Gasteiger partial charge in [0, 0.05) is 6.04 Å². The Labute approximate surface area is 105 Å². The van der Waals surface area contributed by atoms with Gasteiger partial charge in [-0.05, 0) is 12.8 Å². The van der Waals surface area contributed by atoms with Crippen LogP contribution in [0.15, 0.2) is 0 Å². The van der Waals surface area contributed by atoms with Gasteiger partial charge in [0.25, 0.3) is 0 Å². The molecule has 1 heterocycles. The molecule has 2 rings (SSSR count). The summed E-state index contributed by atoms with van der Waals surface area (Å²) in [6.45, 7) is 0. The lowest BCUT2D eigenvalue weighted by Gasteiger charge is -2.27. The van der Waals surface area contributed by atoms with E-state index in [0.717, 1.165) is 25.7 Å². The summed E-state index contributed by atoms with van der Waals surface area (Å²) in [6.07, 6.45) is -0.591. The summed E-state index contributed by atoms with van der Waals surface area (Å²) in [4.78, 5) is 0. The summed E-state index contributed by atoms with van der Waals surface area (Å²) < 4.78 is 36.9. The summed E-state index contributed by atoms with van der Waals surface area (Å²) in [6, 6.07) is -0.0144. The van der Waals surface area contributed by atoms with Gasteiger partial charge in [0.2, 0.25) is 10.1 Å². The minimum atomic E-state index is -4.43. The van der Waals surface area contributed by atoms with Crippen molar-refractivity contribution in [2.45, 2.75) is 43.3 Å². The molecule has 8 heteroatoms. The standard InChI is InChI=1S/C9H11ClF3N3S/c10-5-3-1-2-4-6(5)14-8-16-15-7(17-8)9(11,12)13/h5-6H,1-4H2,(H,14,16). The normalized spacial score (nSPS) is 25.9. The van der Waals surface area contributed by atoms with Gasteiger partial charge in [-0.1, -0.05) is 24.2 Å². The zero-order valence-corrected chi connectivity index (χ0v) is 10.4. The van der Waals surface area contributed by atoms with Crippen LogP contribution in [0.2, 0.25) is 0 Å². The molecule has 2 atom stereocenters. The fourth-order valence-electron chi connectivity index (χ4n) is 1.80. The van der Waals surface area contributed by atoms with Crippen LogP contribution in [-0.4, -0.2) is 21.6 Å². The van der Waals surface area contributed by atoms with Crippen LogP contribution < -0.4 is 5.32 Å². The molecule has 0 spiro atoms. The van der Waals surface area contributed by atoms with Crippen molar-refractivity contribution in [2.75, 3.05) is 5.32 Å². The molecule has 0 bridgehead atoms. The minimum Gasteiger partial charge on any atom is -0.356 e. The van der Waals surface area contributed by atoms with Gasteiger partial charge in [-0.2, -0.15) is 13.2 Å². The Balaban J connectivity index is 2.01. The molecule has 1 aliphatic carbocycles. The highest BCUT2D eigenvalue weighted by molar-refractivity contribution is 7.15. The molecule has 96 valence electrons. The maximum absolute atomic E-state index is 12.3. The summed E-state index contributed by atoms with van der Waals surface area (Å²) >= 11 is 6.62. The first-order valence-electron chi connectivity index (χ1n) is 5.28. The topological polar surface area (TPSA) is 37.8 Å². The molecule has 1 aromatic rings. The van der Waals surface area contributed by atoms with E-state index in [1.807, 2.05) is 0 Å². The fraction of sp³-hybridized carbons (Fsp3) is 0.778. The lowest BCUT2D eigenvalue weighted by Crippen LogP contribution is -2.32. The molecule has 0 radical (unpaired) electrons. The Bertz CT molecular complexity index is 382. The van der Waals surface area contributed by atoms with Crippen LogP contribution in [-0.2, 0) is 6.18 Å². The van der Waals surface area contributed by atoms with Gasteiger partial charge in [0.1, 0.15) is 0 Å². The van der Waals surface area contributed by atoms with Gasteiger partial charge >= 0.3 is 6.18 Å². The number of halogens is 4. The summed E-state index contributed by atoms with van der Waals surface area (Å²) in [7, 11) is 0. The van der Waals surface area contributed by atoms with Crippen molar-refractivity contribution < 1.29 is 13.2 Å². The molecule has 0 aromatic carbocycles. The van der Waals surface area contributed by atoms with Crippen molar-refractivity contribution in [3.05, 3.63) is 5.01 Å². The van der Waals surface area contributed by atoms with Crippen molar-refractivity contribution in [1.29, 1.82) is 0 Å². The molecule has 1 aliphatic rings. The van der Waals surface area contributed by atoms with Gasteiger partial charge in [-0.3, -0.25) is 0 Å². The van der Waals surface area contributed by atoms with Gasteiger partial charge in [-0.15, -0.1) is 21.8 Å². The van der Waals surface area contributed by atoms with Crippen LogP contribution in [0, 0.1) is 0 Å². The summed E-state index contributed by atoms with van der Waals surface area (Å²) in [5.74, 6) is 0. The van der Waals surface area contributed by atoms with Gasteiger partial charge in [-0.25, -0.2) is 0 Å². The average molecular weight is 286 g/mol. The molecule has 1 fully saturated rings. The van der Waals surface area contributed by atoms with Crippen LogP contribution in [0.5, 0.6) is 0 Å². The third-order valence-electron chi connectivity index (χ3n) is 2.66. The maximum atomic E-state index is 12.3. The Morgan fingerprint density at radius 3 is 2.53 bits per heavy atom. The maximum Gasteiger partial charge on any atom is 0.445 e. The SMILES string of the molecule is FC(F)(F)c1nnc(NC2CCCCC2Cl)s1. The molecule has 1 aromatic heterocycles. The van der Waals surface area contributed by atoms with E-state index in [4.69, 9.17) is 11.6 Å². The Morgan fingerprint density at radius 2 is 1.94 bits per heavy atom. The molecular formula is C9H11ClF3N3S. The molecule has 17 heavy (non-hydrogen) atoms. The molecule has 0 aliphatic heterocycles. The second kappa shape index (κ2) is 4.97. The van der Waals surface area contributed by atoms with E-state index >= 15 is 0 Å². The Morgan fingerprint density at radius 1 is 1.24 bits per heavy atom. The molecule has 0 saturated heterocycles. The summed E-state index contributed by atoms with van der Waals surface area (Å²) in [5.41, 5.74) is 0. The lowest BCUT2D eigenvalue weighted by atomic mass is 9.95. The van der Waals surface area contributed by atoms with Crippen LogP contribution in [0.25, 0.3) is 0 Å². The van der Waals surface area contributed by atoms with E-state index in [-0.39, 0.29) is 16.6 Å². The highest BCUT2D eigenvalue weighted by Gasteiger charge is 2.36. The van der Waals surface area contributed by atoms with E-state index < -0.39 is 11.2 Å². The quantitative estimate of drug-likeness (QED) is 0.845. The van der Waals surface area contributed by atoms with E-state index in [9.17, 15) is 13.2 Å². The number of nitrogens with one attached hydrogen (secondary N) is 1.